The van der Waals surface area contributed by atoms with E-state index in [0.29, 0.717) is 0 Å². The molecule has 0 saturated heterocycles. The monoisotopic (exact) mass is 222 g/mol. The molecule has 0 unspecified atom stereocenters. The number of hydrogen-bond acceptors (Lipinski definition) is 7. The highest BCUT2D eigenvalue weighted by Crippen LogP contribution is 2.15. The van der Waals surface area contributed by atoms with Crippen LogP contribution in [0.25, 0.3) is 0 Å². The molecule has 0 rings (SSSR count). The number of aliphatic hydroxyl groups excluding tert-OH is 1. The molecule has 1 N–H and O–H groups in total. The van der Waals surface area contributed by atoms with Crippen molar-refractivity contribution in [2.24, 2.45) is 0 Å². The van der Waals surface area contributed by atoms with Crippen molar-refractivity contribution in [3.63, 3.8) is 0 Å². The first-order valence-electron chi connectivity index (χ1n) is 3.90. The minimum absolute atomic E-state index is 0.488. The van der Waals surface area contributed by atoms with Crippen LogP contribution in [0.5, 0.6) is 0 Å². The van der Waals surface area contributed by atoms with Gasteiger partial charge in [0.05, 0.1) is 0 Å². The molecule has 9 heteroatoms. The quantitative estimate of drug-likeness (QED) is 0.268. The highest BCUT2D eigenvalue weighted by molar-refractivity contribution is 5.65. The average molecular weight is 222 g/mol. The first-order chi connectivity index (χ1) is 6.86. The Hall–Kier alpha value is -1.77. The Morgan fingerprint density at radius 1 is 1.40 bits per heavy atom. The number of nitro groups is 2. The molecular weight excluding hydrogens is 212 g/mol. The van der Waals surface area contributed by atoms with Gasteiger partial charge in [0.2, 0.25) is 0 Å². The maximum absolute atomic E-state index is 10.4. The summed E-state index contributed by atoms with van der Waals surface area (Å²) in [5.74, 6) is -0.700. The van der Waals surface area contributed by atoms with E-state index in [1.165, 1.54) is 0 Å². The molecule has 0 aliphatic heterocycles. The van der Waals surface area contributed by atoms with Crippen molar-refractivity contribution in [3.05, 3.63) is 20.2 Å². The van der Waals surface area contributed by atoms with Crippen molar-refractivity contribution >= 4 is 5.97 Å². The Balaban J connectivity index is 4.57. The van der Waals surface area contributed by atoms with E-state index in [1.807, 2.05) is 0 Å². The van der Waals surface area contributed by atoms with Gasteiger partial charge in [0.1, 0.15) is 22.9 Å². The van der Waals surface area contributed by atoms with Crippen molar-refractivity contribution in [1.29, 1.82) is 0 Å². The van der Waals surface area contributed by atoms with Gasteiger partial charge in [-0.25, -0.2) is 0 Å². The zero-order valence-corrected chi connectivity index (χ0v) is 7.91. The molecule has 0 bridgehead atoms. The van der Waals surface area contributed by atoms with Gasteiger partial charge in [0, 0.05) is 6.92 Å². The topological polar surface area (TPSA) is 133 Å². The van der Waals surface area contributed by atoms with Gasteiger partial charge in [-0.3, -0.25) is 25.0 Å². The van der Waals surface area contributed by atoms with Crippen LogP contribution in [0.15, 0.2) is 0 Å². The number of carbonyl (C=O) groups is 1. The van der Waals surface area contributed by atoms with Crippen LogP contribution in [0.1, 0.15) is 13.3 Å². The van der Waals surface area contributed by atoms with Crippen molar-refractivity contribution in [1.82, 2.24) is 0 Å². The fourth-order valence-corrected chi connectivity index (χ4v) is 0.802. The molecule has 0 aromatic heterocycles. The Morgan fingerprint density at radius 2 is 1.87 bits per heavy atom. The highest BCUT2D eigenvalue weighted by atomic mass is 16.7. The number of ether oxygens (including phenoxy) is 1. The molecule has 0 spiro atoms. The van der Waals surface area contributed by atoms with Gasteiger partial charge in [0.15, 0.2) is 6.61 Å². The lowest BCUT2D eigenvalue weighted by molar-refractivity contribution is -0.799. The molecule has 0 saturated carbocycles. The Bertz CT molecular complexity index is 263. The highest BCUT2D eigenvalue weighted by Gasteiger charge is 2.55. The van der Waals surface area contributed by atoms with Crippen LogP contribution in [0.4, 0.5) is 0 Å². The Labute approximate surface area is 83.9 Å². The summed E-state index contributed by atoms with van der Waals surface area (Å²) in [5.41, 5.74) is -2.70. The van der Waals surface area contributed by atoms with Crippen molar-refractivity contribution in [2.75, 3.05) is 13.2 Å². The van der Waals surface area contributed by atoms with Crippen LogP contribution in [0.2, 0.25) is 0 Å². The molecular formula is C6H10N2O7. The van der Waals surface area contributed by atoms with Crippen LogP contribution < -0.4 is 0 Å². The molecule has 86 valence electrons. The van der Waals surface area contributed by atoms with Crippen molar-refractivity contribution in [3.8, 4) is 0 Å². The lowest BCUT2D eigenvalue weighted by Gasteiger charge is -2.14. The van der Waals surface area contributed by atoms with Gasteiger partial charge in [-0.05, 0) is 0 Å². The summed E-state index contributed by atoms with van der Waals surface area (Å²) < 4.78 is 4.34. The predicted molar refractivity (Wildman–Crippen MR) is 45.1 cm³/mol. The zero-order valence-electron chi connectivity index (χ0n) is 7.91. The molecule has 0 fully saturated rings. The number of esters is 1. The molecule has 0 radical (unpaired) electrons. The number of nitrogens with zero attached hydrogens (tertiary/aromatic N) is 2. The summed E-state index contributed by atoms with van der Waals surface area (Å²) in [6.45, 7) is -0.676. The Morgan fingerprint density at radius 3 is 2.13 bits per heavy atom. The first kappa shape index (κ1) is 13.2. The second kappa shape index (κ2) is 5.20. The smallest absolute Gasteiger partial charge is 0.465 e. The molecule has 0 aliphatic carbocycles. The van der Waals surface area contributed by atoms with Crippen LogP contribution in [0, 0.1) is 20.2 Å². The Kier molecular flexibility index (Phi) is 4.58. The molecule has 0 amide bonds. The lowest BCUT2D eigenvalue weighted by atomic mass is 10.1. The third-order valence-electron chi connectivity index (χ3n) is 1.74. The average Bonchev–Trinajstić information content (AvgIpc) is 2.10. The van der Waals surface area contributed by atoms with E-state index in [9.17, 15) is 25.0 Å². The van der Waals surface area contributed by atoms with Crippen LogP contribution in [0.3, 0.4) is 0 Å². The molecule has 0 aromatic rings. The molecule has 0 aromatic carbocycles. The fraction of sp³-hybridized carbons (Fsp3) is 0.833. The van der Waals surface area contributed by atoms with Gasteiger partial charge in [-0.15, -0.1) is 0 Å². The van der Waals surface area contributed by atoms with Gasteiger partial charge in [0.25, 0.3) is 0 Å². The van der Waals surface area contributed by atoms with E-state index in [2.05, 4.69) is 4.74 Å². The number of rotatable bonds is 6. The second-order valence-corrected chi connectivity index (χ2v) is 2.74. The largest absolute Gasteiger partial charge is 0.483 e. The normalized spacial score (nSPS) is 10.8. The lowest BCUT2D eigenvalue weighted by Crippen LogP contribution is -2.50. The number of carbonyl (C=O) groups excluding carboxylic acids is 1. The summed E-state index contributed by atoms with van der Waals surface area (Å²) in [6.07, 6.45) is -0.678. The first-order valence-corrected chi connectivity index (χ1v) is 3.90. The molecule has 0 atom stereocenters. The molecule has 0 aliphatic rings. The van der Waals surface area contributed by atoms with E-state index in [0.717, 1.165) is 6.92 Å². The molecule has 15 heavy (non-hydrogen) atoms. The van der Waals surface area contributed by atoms with Crippen molar-refractivity contribution in [2.45, 2.75) is 19.0 Å². The SMILES string of the molecule is CC(=O)OCCC(CO)([N+](=O)[O-])[N+](=O)[O-]. The minimum Gasteiger partial charge on any atom is -0.465 e. The van der Waals surface area contributed by atoms with Crippen LogP contribution >= 0.6 is 0 Å². The van der Waals surface area contributed by atoms with Crippen molar-refractivity contribution < 1.29 is 24.5 Å². The third-order valence-corrected chi connectivity index (χ3v) is 1.74. The molecule has 9 nitrogen and oxygen atoms in total. The van der Waals surface area contributed by atoms with Gasteiger partial charge >= 0.3 is 11.6 Å². The van der Waals surface area contributed by atoms with E-state index in [-0.39, 0.29) is 0 Å². The van der Waals surface area contributed by atoms with E-state index >= 15 is 0 Å². The fourth-order valence-electron chi connectivity index (χ4n) is 0.802. The van der Waals surface area contributed by atoms with Crippen LogP contribution in [-0.2, 0) is 9.53 Å². The number of aliphatic hydroxyl groups is 1. The minimum atomic E-state index is -2.70. The second-order valence-electron chi connectivity index (χ2n) is 2.74. The third kappa shape index (κ3) is 3.13. The zero-order chi connectivity index (χ0) is 12.1. The van der Waals surface area contributed by atoms with Gasteiger partial charge < -0.3 is 9.84 Å². The van der Waals surface area contributed by atoms with E-state index in [1.54, 1.807) is 0 Å². The van der Waals surface area contributed by atoms with Crippen LogP contribution in [-0.4, -0.2) is 39.8 Å². The number of hydrogen-bond donors (Lipinski definition) is 1. The standard InChI is InChI=1S/C6H10N2O7/c1-5(10)15-3-2-6(4-9,7(11)12)8(13)14/h9H,2-4H2,1H3. The predicted octanol–water partition coefficient (Wildman–Crippen LogP) is -0.818. The summed E-state index contributed by atoms with van der Waals surface area (Å²) in [5, 5.41) is 29.5. The maximum Gasteiger partial charge on any atom is 0.483 e. The molecule has 0 heterocycles. The van der Waals surface area contributed by atoms with Gasteiger partial charge in [-0.1, -0.05) is 0 Å². The van der Waals surface area contributed by atoms with E-state index < -0.39 is 41.1 Å². The summed E-state index contributed by atoms with van der Waals surface area (Å²) in [4.78, 5) is 28.8. The van der Waals surface area contributed by atoms with E-state index in [4.69, 9.17) is 5.11 Å². The summed E-state index contributed by atoms with van der Waals surface area (Å²) >= 11 is 0. The summed E-state index contributed by atoms with van der Waals surface area (Å²) in [6, 6.07) is 0. The maximum atomic E-state index is 10.4. The van der Waals surface area contributed by atoms with Gasteiger partial charge in [-0.2, -0.15) is 0 Å². The summed E-state index contributed by atoms with van der Waals surface area (Å²) in [7, 11) is 0.